The number of carboxylic acids is 1. The van der Waals surface area contributed by atoms with Crippen LogP contribution >= 0.6 is 0 Å². The van der Waals surface area contributed by atoms with Crippen LogP contribution < -0.4 is 15.5 Å². The Kier molecular flexibility index (Phi) is 10.9. The number of hydrogen-bond acceptors (Lipinski definition) is 9. The molecule has 0 aliphatic carbocycles. The lowest BCUT2D eigenvalue weighted by Gasteiger charge is -2.39. The van der Waals surface area contributed by atoms with Gasteiger partial charge in [0.1, 0.15) is 17.3 Å². The Morgan fingerprint density at radius 2 is 1.94 bits per heavy atom. The number of piperidine rings is 1. The Morgan fingerprint density at radius 1 is 1.17 bits per heavy atom. The Hall–Kier alpha value is -4.59. The number of carbonyl (C=O) groups is 2. The zero-order valence-electron chi connectivity index (χ0n) is 27.9. The molecule has 2 aliphatic heterocycles. The number of halogens is 1. The molecule has 0 unspecified atom stereocenters. The summed E-state index contributed by atoms with van der Waals surface area (Å²) >= 11 is 0. The predicted molar refractivity (Wildman–Crippen MR) is 182 cm³/mol. The lowest BCUT2D eigenvalue weighted by atomic mass is 9.92. The lowest BCUT2D eigenvalue weighted by molar-refractivity contribution is -0.137. The molecule has 1 saturated heterocycles. The number of ether oxygens (including phenoxy) is 1. The highest BCUT2D eigenvalue weighted by molar-refractivity contribution is 6.06. The largest absolute Gasteiger partial charge is 0.481 e. The maximum absolute atomic E-state index is 13.8. The molecule has 4 aromatic rings. The molecule has 1 aromatic carbocycles. The third-order valence-corrected chi connectivity index (χ3v) is 8.48. The van der Waals surface area contributed by atoms with Crippen LogP contribution in [0.4, 0.5) is 21.6 Å². The van der Waals surface area contributed by atoms with Crippen LogP contribution in [0.5, 0.6) is 0 Å². The van der Waals surface area contributed by atoms with Gasteiger partial charge in [0.15, 0.2) is 0 Å². The molecular weight excluding hydrogens is 617 g/mol. The number of benzene rings is 1. The van der Waals surface area contributed by atoms with E-state index in [0.29, 0.717) is 74.8 Å². The number of pyridine rings is 2. The number of fused-ring (bicyclic) bond motifs is 2. The van der Waals surface area contributed by atoms with Crippen molar-refractivity contribution in [3.63, 3.8) is 0 Å². The van der Waals surface area contributed by atoms with Gasteiger partial charge in [-0.3, -0.25) is 14.0 Å². The van der Waals surface area contributed by atoms with Gasteiger partial charge in [-0.15, -0.1) is 0 Å². The van der Waals surface area contributed by atoms with Gasteiger partial charge < -0.3 is 35.4 Å². The molecule has 0 bridgehead atoms. The van der Waals surface area contributed by atoms with Crippen molar-refractivity contribution in [1.82, 2.24) is 24.6 Å². The molecule has 0 spiro atoms. The maximum atomic E-state index is 13.8. The topological polar surface area (TPSA) is 145 Å². The van der Waals surface area contributed by atoms with Gasteiger partial charge in [-0.05, 0) is 63.2 Å². The number of nitrogens with zero attached hydrogens (tertiary/aromatic N) is 5. The van der Waals surface area contributed by atoms with E-state index in [1.165, 1.54) is 12.1 Å². The monoisotopic (exact) mass is 661 g/mol. The van der Waals surface area contributed by atoms with Crippen LogP contribution in [0.15, 0.2) is 48.8 Å². The van der Waals surface area contributed by atoms with Crippen molar-refractivity contribution in [2.75, 3.05) is 50.6 Å². The van der Waals surface area contributed by atoms with Gasteiger partial charge in [-0.25, -0.2) is 14.4 Å². The van der Waals surface area contributed by atoms with E-state index >= 15 is 0 Å². The lowest BCUT2D eigenvalue weighted by Crippen LogP contribution is -2.47. The molecule has 1 amide bonds. The molecule has 13 heteroatoms. The minimum Gasteiger partial charge on any atom is -0.481 e. The Labute approximate surface area is 279 Å². The molecule has 48 heavy (non-hydrogen) atoms. The number of carboxylic acid groups (broad SMARTS) is 1. The minimum absolute atomic E-state index is 0.0476. The van der Waals surface area contributed by atoms with E-state index in [1.54, 1.807) is 16.8 Å². The quantitative estimate of drug-likeness (QED) is 0.156. The number of aliphatic hydroxyl groups is 1. The number of carbonyl (C=O) groups excluding carboxylic acids is 1. The normalized spacial score (nSPS) is 15.2. The maximum Gasteiger partial charge on any atom is 0.303 e. The van der Waals surface area contributed by atoms with Gasteiger partial charge in [0.25, 0.3) is 5.91 Å². The molecular formula is C35H44FN7O5. The second kappa shape index (κ2) is 15.1. The van der Waals surface area contributed by atoms with Gasteiger partial charge in [-0.1, -0.05) is 19.9 Å². The summed E-state index contributed by atoms with van der Waals surface area (Å²) in [7, 11) is 3.96. The second-order valence-corrected chi connectivity index (χ2v) is 12.2. The fraction of sp³-hybridized carbons (Fsp3) is 0.429. The van der Waals surface area contributed by atoms with E-state index in [4.69, 9.17) is 14.8 Å². The Bertz CT molecular complexity index is 1770. The summed E-state index contributed by atoms with van der Waals surface area (Å²) in [6, 6.07) is 10.5. The standard InChI is InChI=1S/C33H38FN7O5.C2H6/c1-39(2)19-25-26(40-13-10-33(45,11-14-40)20-46-15-3-4-30(42)43)7-8-28(38-25)37-24-6-5-22(23-17-36-32(44)31(23)24)27-18-35-29-16-21(34)9-12-41(27)29;1-2/h5-9,12,16,18,45H,3-4,10-11,13-15,17,19-20H2,1-2H3,(H,36,44)(H,37,38)(H,42,43);1-2H3. The van der Waals surface area contributed by atoms with E-state index in [0.717, 1.165) is 28.2 Å². The van der Waals surface area contributed by atoms with E-state index in [1.807, 2.05) is 57.1 Å². The highest BCUT2D eigenvalue weighted by Crippen LogP contribution is 2.36. The smallest absolute Gasteiger partial charge is 0.303 e. The third-order valence-electron chi connectivity index (χ3n) is 8.48. The molecule has 0 radical (unpaired) electrons. The third kappa shape index (κ3) is 7.75. The highest BCUT2D eigenvalue weighted by Gasteiger charge is 2.34. The number of amides is 1. The molecule has 256 valence electrons. The molecule has 6 rings (SSSR count). The first kappa shape index (κ1) is 34.7. The van der Waals surface area contributed by atoms with Crippen LogP contribution in [0.2, 0.25) is 0 Å². The van der Waals surface area contributed by atoms with Gasteiger partial charge in [0.05, 0.1) is 46.7 Å². The fourth-order valence-electron chi connectivity index (χ4n) is 6.15. The first-order valence-electron chi connectivity index (χ1n) is 16.4. The molecule has 12 nitrogen and oxygen atoms in total. The number of hydrogen-bond donors (Lipinski definition) is 4. The molecule has 4 N–H and O–H groups in total. The summed E-state index contributed by atoms with van der Waals surface area (Å²) in [5.74, 6) is -0.804. The summed E-state index contributed by atoms with van der Waals surface area (Å²) < 4.78 is 21.2. The first-order chi connectivity index (χ1) is 23.1. The fourth-order valence-corrected chi connectivity index (χ4v) is 6.15. The van der Waals surface area contributed by atoms with Crippen molar-refractivity contribution >= 4 is 34.7 Å². The van der Waals surface area contributed by atoms with Gasteiger partial charge in [0.2, 0.25) is 0 Å². The van der Waals surface area contributed by atoms with E-state index in [9.17, 15) is 19.1 Å². The van der Waals surface area contributed by atoms with Crippen molar-refractivity contribution in [3.05, 3.63) is 71.4 Å². The average Bonchev–Trinajstić information content (AvgIpc) is 3.66. The molecule has 0 atom stereocenters. The molecule has 3 aromatic heterocycles. The number of imidazole rings is 1. The molecule has 5 heterocycles. The summed E-state index contributed by atoms with van der Waals surface area (Å²) in [5, 5.41) is 26.2. The summed E-state index contributed by atoms with van der Waals surface area (Å²) in [4.78, 5) is 37.3. The summed E-state index contributed by atoms with van der Waals surface area (Å²) in [6.07, 6.45) is 4.82. The SMILES string of the molecule is CC.CN(C)Cc1nc(Nc2ccc(-c3cnc4cc(F)ccn34)c3c2C(=O)NC3)ccc1N1CCC(O)(COCCCC(=O)O)CC1. The van der Waals surface area contributed by atoms with Crippen molar-refractivity contribution in [1.29, 1.82) is 0 Å². The zero-order valence-corrected chi connectivity index (χ0v) is 27.9. The van der Waals surface area contributed by atoms with Gasteiger partial charge in [0, 0.05) is 57.0 Å². The van der Waals surface area contributed by atoms with Crippen LogP contribution in [0.3, 0.4) is 0 Å². The van der Waals surface area contributed by atoms with Crippen molar-refractivity contribution < 1.29 is 28.9 Å². The van der Waals surface area contributed by atoms with Crippen LogP contribution in [0.1, 0.15) is 61.1 Å². The number of anilines is 3. The van der Waals surface area contributed by atoms with Gasteiger partial charge >= 0.3 is 5.97 Å². The summed E-state index contributed by atoms with van der Waals surface area (Å²) in [6.45, 7) is 6.67. The zero-order chi connectivity index (χ0) is 34.4. The molecule has 0 saturated carbocycles. The first-order valence-corrected chi connectivity index (χ1v) is 16.4. The van der Waals surface area contributed by atoms with Crippen LogP contribution in [-0.2, 0) is 22.6 Å². The minimum atomic E-state index is -0.955. The van der Waals surface area contributed by atoms with E-state index in [-0.39, 0.29) is 24.8 Å². The van der Waals surface area contributed by atoms with E-state index in [2.05, 4.69) is 20.5 Å². The molecule has 1 fully saturated rings. The summed E-state index contributed by atoms with van der Waals surface area (Å²) in [5.41, 5.74) is 4.98. The number of aliphatic carboxylic acids is 1. The van der Waals surface area contributed by atoms with Crippen molar-refractivity contribution in [2.45, 2.75) is 58.2 Å². The van der Waals surface area contributed by atoms with Crippen molar-refractivity contribution in [2.24, 2.45) is 0 Å². The van der Waals surface area contributed by atoms with Crippen LogP contribution in [0, 0.1) is 5.82 Å². The predicted octanol–water partition coefficient (Wildman–Crippen LogP) is 4.82. The Balaban J connectivity index is 0.00000221. The average molecular weight is 662 g/mol. The highest BCUT2D eigenvalue weighted by atomic mass is 19.1. The van der Waals surface area contributed by atoms with Crippen LogP contribution in [-0.4, -0.2) is 87.4 Å². The van der Waals surface area contributed by atoms with Crippen molar-refractivity contribution in [3.8, 4) is 11.3 Å². The second-order valence-electron chi connectivity index (χ2n) is 12.2. The number of rotatable bonds is 12. The number of nitrogens with one attached hydrogen (secondary N) is 2. The van der Waals surface area contributed by atoms with Crippen LogP contribution in [0.25, 0.3) is 16.9 Å². The number of aromatic nitrogens is 3. The Morgan fingerprint density at radius 3 is 2.67 bits per heavy atom. The van der Waals surface area contributed by atoms with E-state index < -0.39 is 11.6 Å². The van der Waals surface area contributed by atoms with Gasteiger partial charge in [-0.2, -0.15) is 0 Å². The molecule has 2 aliphatic rings.